The number of hydrogen-bond donors (Lipinski definition) is 5. The van der Waals surface area contributed by atoms with Gasteiger partial charge in [-0.25, -0.2) is 5.26 Å². The summed E-state index contributed by atoms with van der Waals surface area (Å²) in [6.07, 6.45) is 0. The van der Waals surface area contributed by atoms with E-state index in [1.807, 2.05) is 0 Å². The first-order chi connectivity index (χ1) is 14.1. The average molecular weight is 475 g/mol. The van der Waals surface area contributed by atoms with Crippen molar-refractivity contribution in [2.24, 2.45) is 10.2 Å². The number of hydrogen-bond acceptors (Lipinski definition) is 11. The van der Waals surface area contributed by atoms with E-state index < -0.39 is 26.5 Å². The number of aromatic hydroxyl groups is 3. The van der Waals surface area contributed by atoms with Gasteiger partial charge in [0.1, 0.15) is 22.9 Å². The summed E-state index contributed by atoms with van der Waals surface area (Å²) in [6, 6.07) is 6.94. The van der Waals surface area contributed by atoms with Crippen LogP contribution < -0.4 is 0 Å². The van der Waals surface area contributed by atoms with Crippen molar-refractivity contribution >= 4 is 55.9 Å². The quantitative estimate of drug-likeness (QED) is 0.110. The molecular weight excluding hydrogens is 464 g/mol. The fourth-order valence-electron chi connectivity index (χ4n) is 2.48. The Morgan fingerprint density at radius 2 is 1.73 bits per heavy atom. The predicted molar refractivity (Wildman–Crippen MR) is 105 cm³/mol. The Labute approximate surface area is 177 Å². The number of phenols is 3. The molecule has 0 saturated heterocycles. The second kappa shape index (κ2) is 8.61. The van der Waals surface area contributed by atoms with E-state index in [0.717, 1.165) is 12.1 Å². The van der Waals surface area contributed by atoms with Crippen molar-refractivity contribution in [3.8, 4) is 17.2 Å². The van der Waals surface area contributed by atoms with Crippen LogP contribution in [0.3, 0.4) is 0 Å². The van der Waals surface area contributed by atoms with E-state index in [4.69, 9.17) is 16.9 Å². The Hall–Kier alpha value is -2.65. The number of benzene rings is 3. The Balaban J connectivity index is 2.23. The van der Waals surface area contributed by atoms with Gasteiger partial charge in [-0.15, -0.1) is 14.6 Å². The topological polar surface area (TPSA) is 178 Å². The standard InChI is InChI=1S/C16H11ClN2O9S2/c17-8-1-2-11(20)10(5-8)18-19-15-13(29-28-27-23)4-7-3-9(30(24,25)26)6-12(21)14(7)16(15)22/h1-6,20-23H,(H,24,25,26). The smallest absolute Gasteiger partial charge is 0.294 e. The molecule has 0 amide bonds. The minimum atomic E-state index is -4.65. The van der Waals surface area contributed by atoms with Gasteiger partial charge in [0.15, 0.2) is 5.75 Å². The summed E-state index contributed by atoms with van der Waals surface area (Å²) in [5.41, 5.74) is -0.318. The van der Waals surface area contributed by atoms with E-state index in [-0.39, 0.29) is 37.8 Å². The number of halogens is 1. The normalized spacial score (nSPS) is 12.1. The highest BCUT2D eigenvalue weighted by atomic mass is 35.5. The van der Waals surface area contributed by atoms with E-state index in [9.17, 15) is 28.3 Å². The lowest BCUT2D eigenvalue weighted by Crippen LogP contribution is -1.98. The summed E-state index contributed by atoms with van der Waals surface area (Å²) >= 11 is 6.22. The summed E-state index contributed by atoms with van der Waals surface area (Å²) in [6.45, 7) is 0. The molecule has 0 atom stereocenters. The molecule has 5 N–H and O–H groups in total. The Morgan fingerprint density at radius 3 is 2.40 bits per heavy atom. The van der Waals surface area contributed by atoms with Gasteiger partial charge in [-0.05, 0) is 35.7 Å². The summed E-state index contributed by atoms with van der Waals surface area (Å²) in [7, 11) is -4.65. The van der Waals surface area contributed by atoms with Gasteiger partial charge in [-0.3, -0.25) is 4.55 Å². The summed E-state index contributed by atoms with van der Waals surface area (Å²) < 4.78 is 36.3. The molecule has 0 aliphatic heterocycles. The van der Waals surface area contributed by atoms with Crippen LogP contribution in [0.15, 0.2) is 56.4 Å². The third-order valence-corrected chi connectivity index (χ3v) is 5.44. The van der Waals surface area contributed by atoms with Gasteiger partial charge in [0.05, 0.1) is 27.2 Å². The monoisotopic (exact) mass is 474 g/mol. The molecule has 0 saturated carbocycles. The molecule has 0 unspecified atom stereocenters. The van der Waals surface area contributed by atoms with Crippen molar-refractivity contribution < 1.29 is 42.9 Å². The Morgan fingerprint density at radius 1 is 1.00 bits per heavy atom. The van der Waals surface area contributed by atoms with Crippen molar-refractivity contribution in [3.63, 3.8) is 0 Å². The molecule has 0 radical (unpaired) electrons. The maximum atomic E-state index is 11.4. The molecule has 158 valence electrons. The second-order valence-electron chi connectivity index (χ2n) is 5.65. The van der Waals surface area contributed by atoms with Gasteiger partial charge in [-0.2, -0.15) is 8.42 Å². The van der Waals surface area contributed by atoms with Gasteiger partial charge in [0.25, 0.3) is 10.1 Å². The molecule has 0 fully saturated rings. The fourth-order valence-corrected chi connectivity index (χ4v) is 3.68. The highest BCUT2D eigenvalue weighted by Crippen LogP contribution is 2.47. The minimum absolute atomic E-state index is 0.0197. The van der Waals surface area contributed by atoms with Crippen molar-refractivity contribution in [1.82, 2.24) is 0 Å². The van der Waals surface area contributed by atoms with Crippen LogP contribution in [0.25, 0.3) is 10.8 Å². The summed E-state index contributed by atoms with van der Waals surface area (Å²) in [5, 5.41) is 50.2. The molecule has 0 aromatic heterocycles. The van der Waals surface area contributed by atoms with Gasteiger partial charge < -0.3 is 15.3 Å². The zero-order valence-electron chi connectivity index (χ0n) is 14.4. The lowest BCUT2D eigenvalue weighted by molar-refractivity contribution is -0.432. The van der Waals surface area contributed by atoms with Crippen LogP contribution >= 0.6 is 23.6 Å². The van der Waals surface area contributed by atoms with Crippen molar-refractivity contribution in [2.75, 3.05) is 0 Å². The minimum Gasteiger partial charge on any atom is -0.507 e. The molecule has 30 heavy (non-hydrogen) atoms. The molecule has 0 spiro atoms. The number of azo groups is 1. The first kappa shape index (κ1) is 22.0. The number of rotatable bonds is 6. The van der Waals surface area contributed by atoms with Gasteiger partial charge in [-0.1, -0.05) is 16.6 Å². The van der Waals surface area contributed by atoms with Crippen LogP contribution in [0, 0.1) is 0 Å². The zero-order valence-corrected chi connectivity index (χ0v) is 16.8. The number of phenolic OH excluding ortho intramolecular Hbond substituents is 3. The van der Waals surface area contributed by atoms with Crippen LogP contribution in [0.1, 0.15) is 0 Å². The second-order valence-corrected chi connectivity index (χ2v) is 8.25. The van der Waals surface area contributed by atoms with E-state index >= 15 is 0 Å². The fraction of sp³-hybridized carbons (Fsp3) is 0. The van der Waals surface area contributed by atoms with Crippen LogP contribution in [0.5, 0.6) is 17.2 Å². The highest BCUT2D eigenvalue weighted by molar-refractivity contribution is 7.94. The molecule has 0 bridgehead atoms. The average Bonchev–Trinajstić information content (AvgIpc) is 2.67. The van der Waals surface area contributed by atoms with E-state index in [0.29, 0.717) is 12.0 Å². The Kier molecular flexibility index (Phi) is 6.33. The first-order valence-electron chi connectivity index (χ1n) is 7.67. The number of nitrogens with zero attached hydrogens (tertiary/aromatic N) is 2. The van der Waals surface area contributed by atoms with E-state index in [1.165, 1.54) is 24.3 Å². The molecule has 3 aromatic carbocycles. The molecular formula is C16H11ClN2O9S2. The summed E-state index contributed by atoms with van der Waals surface area (Å²) in [5.74, 6) is -1.56. The van der Waals surface area contributed by atoms with Gasteiger partial charge >= 0.3 is 0 Å². The SMILES string of the molecule is O=S(=O)(O)c1cc(O)c2c(O)c(N=Nc3cc(Cl)ccc3O)c(SOOO)cc2c1. The van der Waals surface area contributed by atoms with Crippen molar-refractivity contribution in [1.29, 1.82) is 0 Å². The third-order valence-electron chi connectivity index (χ3n) is 3.75. The van der Waals surface area contributed by atoms with Crippen LogP contribution in [-0.4, -0.2) is 33.5 Å². The maximum absolute atomic E-state index is 11.4. The molecule has 3 rings (SSSR count). The van der Waals surface area contributed by atoms with Gasteiger partial charge in [0, 0.05) is 11.1 Å². The molecule has 0 aliphatic rings. The van der Waals surface area contributed by atoms with E-state index in [2.05, 4.69) is 19.6 Å². The largest absolute Gasteiger partial charge is 0.507 e. The third kappa shape index (κ3) is 4.57. The zero-order chi connectivity index (χ0) is 22.1. The molecule has 3 aromatic rings. The first-order valence-corrected chi connectivity index (χ1v) is 10.2. The van der Waals surface area contributed by atoms with E-state index in [1.54, 1.807) is 0 Å². The lowest BCUT2D eigenvalue weighted by Gasteiger charge is -2.11. The maximum Gasteiger partial charge on any atom is 0.294 e. The number of fused-ring (bicyclic) bond motifs is 1. The highest BCUT2D eigenvalue weighted by Gasteiger charge is 2.21. The molecule has 14 heteroatoms. The predicted octanol–water partition coefficient (Wildman–Crippen LogP) is 4.70. The van der Waals surface area contributed by atoms with Crippen molar-refractivity contribution in [3.05, 3.63) is 41.4 Å². The van der Waals surface area contributed by atoms with Crippen molar-refractivity contribution in [2.45, 2.75) is 9.79 Å². The lowest BCUT2D eigenvalue weighted by atomic mass is 10.1. The molecule has 0 heterocycles. The Bertz CT molecular complexity index is 1270. The molecule has 0 aliphatic carbocycles. The van der Waals surface area contributed by atoms with Crippen LogP contribution in [0.2, 0.25) is 5.02 Å². The van der Waals surface area contributed by atoms with Gasteiger partial charge in [0.2, 0.25) is 0 Å². The summed E-state index contributed by atoms with van der Waals surface area (Å²) in [4.78, 5) is -0.661. The molecule has 11 nitrogen and oxygen atoms in total. The van der Waals surface area contributed by atoms with Crippen LogP contribution in [0.4, 0.5) is 11.4 Å². The van der Waals surface area contributed by atoms with Crippen LogP contribution in [-0.2, 0) is 19.5 Å².